The summed E-state index contributed by atoms with van der Waals surface area (Å²) in [5.41, 5.74) is -0.141. The second kappa shape index (κ2) is 4.52. The Balaban J connectivity index is 3.02. The minimum absolute atomic E-state index is 0.119. The molecule has 0 spiro atoms. The maximum atomic E-state index is 13.2. The Morgan fingerprint density at radius 1 is 1.64 bits per heavy atom. The number of amides is 1. The molecule has 0 atom stereocenters. The van der Waals surface area contributed by atoms with Crippen LogP contribution in [0.25, 0.3) is 0 Å². The predicted octanol–water partition coefficient (Wildman–Crippen LogP) is 2.44. The standard InChI is InChI=1S/C9H9BrFNO2/c1-2-12(14)9(13)7-4-3-6(10)5-8(7)11/h3-5,14H,2H2,1H3. The molecule has 1 amide bonds. The molecule has 76 valence electrons. The van der Waals surface area contributed by atoms with Crippen LogP contribution in [0, 0.1) is 5.82 Å². The second-order valence-electron chi connectivity index (χ2n) is 2.65. The minimum atomic E-state index is -0.738. The maximum Gasteiger partial charge on any atom is 0.280 e. The quantitative estimate of drug-likeness (QED) is 0.656. The van der Waals surface area contributed by atoms with Gasteiger partial charge in [0.1, 0.15) is 5.82 Å². The molecule has 0 fully saturated rings. The highest BCUT2D eigenvalue weighted by Gasteiger charge is 2.16. The Bertz CT molecular complexity index is 357. The first-order valence-electron chi connectivity index (χ1n) is 4.02. The van der Waals surface area contributed by atoms with E-state index in [1.807, 2.05) is 0 Å². The zero-order valence-electron chi connectivity index (χ0n) is 7.50. The molecule has 0 saturated heterocycles. The van der Waals surface area contributed by atoms with Gasteiger partial charge in [-0.25, -0.2) is 9.45 Å². The highest BCUT2D eigenvalue weighted by atomic mass is 79.9. The lowest BCUT2D eigenvalue weighted by Crippen LogP contribution is -2.27. The fraction of sp³-hybridized carbons (Fsp3) is 0.222. The van der Waals surface area contributed by atoms with Crippen molar-refractivity contribution in [2.75, 3.05) is 6.54 Å². The Kier molecular flexibility index (Phi) is 3.60. The van der Waals surface area contributed by atoms with Crippen LogP contribution in [-0.4, -0.2) is 22.7 Å². The zero-order chi connectivity index (χ0) is 10.7. The first kappa shape index (κ1) is 11.1. The lowest BCUT2D eigenvalue weighted by molar-refractivity contribution is -0.0544. The lowest BCUT2D eigenvalue weighted by atomic mass is 10.2. The van der Waals surface area contributed by atoms with Crippen molar-refractivity contribution >= 4 is 21.8 Å². The van der Waals surface area contributed by atoms with E-state index in [9.17, 15) is 9.18 Å². The van der Waals surface area contributed by atoms with Gasteiger partial charge in [-0.15, -0.1) is 0 Å². The summed E-state index contributed by atoms with van der Waals surface area (Å²) in [4.78, 5) is 11.3. The molecular formula is C9H9BrFNO2. The summed E-state index contributed by atoms with van der Waals surface area (Å²) in [5, 5.41) is 9.54. The molecule has 1 aromatic rings. The SMILES string of the molecule is CCN(O)C(=O)c1ccc(Br)cc1F. The first-order valence-corrected chi connectivity index (χ1v) is 4.81. The molecule has 1 N–H and O–H groups in total. The third-order valence-corrected chi connectivity index (χ3v) is 2.19. The molecule has 0 heterocycles. The van der Waals surface area contributed by atoms with Crippen LogP contribution in [0.15, 0.2) is 22.7 Å². The average Bonchev–Trinajstić information content (AvgIpc) is 2.15. The second-order valence-corrected chi connectivity index (χ2v) is 3.56. The molecule has 1 aromatic carbocycles. The number of hydroxylamine groups is 2. The van der Waals surface area contributed by atoms with E-state index < -0.39 is 11.7 Å². The number of halogens is 2. The summed E-state index contributed by atoms with van der Waals surface area (Å²) in [7, 11) is 0. The van der Waals surface area contributed by atoms with E-state index in [4.69, 9.17) is 5.21 Å². The van der Waals surface area contributed by atoms with E-state index in [0.29, 0.717) is 9.54 Å². The van der Waals surface area contributed by atoms with Crippen LogP contribution >= 0.6 is 15.9 Å². The fourth-order valence-electron chi connectivity index (χ4n) is 0.946. The highest BCUT2D eigenvalue weighted by molar-refractivity contribution is 9.10. The van der Waals surface area contributed by atoms with Crippen LogP contribution in [0.5, 0.6) is 0 Å². The van der Waals surface area contributed by atoms with Gasteiger partial charge in [-0.2, -0.15) is 0 Å². The molecule has 0 aliphatic carbocycles. The molecule has 0 aliphatic rings. The normalized spacial score (nSPS) is 10.0. The minimum Gasteiger partial charge on any atom is -0.286 e. The molecule has 0 aromatic heterocycles. The number of nitrogens with zero attached hydrogens (tertiary/aromatic N) is 1. The summed E-state index contributed by atoms with van der Waals surface area (Å²) in [6.07, 6.45) is 0. The van der Waals surface area contributed by atoms with Crippen LogP contribution < -0.4 is 0 Å². The highest BCUT2D eigenvalue weighted by Crippen LogP contribution is 2.16. The van der Waals surface area contributed by atoms with Crippen molar-refractivity contribution in [3.8, 4) is 0 Å². The molecule has 14 heavy (non-hydrogen) atoms. The van der Waals surface area contributed by atoms with Crippen molar-refractivity contribution in [1.29, 1.82) is 0 Å². The van der Waals surface area contributed by atoms with Crippen molar-refractivity contribution in [2.24, 2.45) is 0 Å². The van der Waals surface area contributed by atoms with E-state index in [1.54, 1.807) is 13.0 Å². The third-order valence-electron chi connectivity index (χ3n) is 1.70. The topological polar surface area (TPSA) is 40.5 Å². The summed E-state index contributed by atoms with van der Waals surface area (Å²) < 4.78 is 13.8. The molecule has 0 radical (unpaired) electrons. The number of hydrogen-bond acceptors (Lipinski definition) is 2. The summed E-state index contributed by atoms with van der Waals surface area (Å²) >= 11 is 3.07. The summed E-state index contributed by atoms with van der Waals surface area (Å²) in [6.45, 7) is 1.71. The van der Waals surface area contributed by atoms with E-state index in [-0.39, 0.29) is 12.1 Å². The smallest absolute Gasteiger partial charge is 0.280 e. The number of benzene rings is 1. The molecule has 1 rings (SSSR count). The monoisotopic (exact) mass is 261 g/mol. The zero-order valence-corrected chi connectivity index (χ0v) is 9.08. The van der Waals surface area contributed by atoms with Crippen molar-refractivity contribution in [2.45, 2.75) is 6.92 Å². The van der Waals surface area contributed by atoms with Crippen LogP contribution in [0.2, 0.25) is 0 Å². The molecule has 3 nitrogen and oxygen atoms in total. The molecule has 0 aliphatic heterocycles. The molecule has 0 saturated carbocycles. The summed E-state index contributed by atoms with van der Waals surface area (Å²) in [5.74, 6) is -1.39. The van der Waals surface area contributed by atoms with Crippen LogP contribution in [0.3, 0.4) is 0 Å². The van der Waals surface area contributed by atoms with Gasteiger partial charge in [-0.1, -0.05) is 15.9 Å². The molecule has 0 bridgehead atoms. The Hall–Kier alpha value is -0.940. The maximum absolute atomic E-state index is 13.2. The Labute approximate surface area is 89.2 Å². The van der Waals surface area contributed by atoms with Crippen molar-refractivity contribution in [3.63, 3.8) is 0 Å². The Morgan fingerprint density at radius 2 is 2.29 bits per heavy atom. The predicted molar refractivity (Wildman–Crippen MR) is 52.6 cm³/mol. The van der Waals surface area contributed by atoms with Gasteiger partial charge in [0.2, 0.25) is 0 Å². The number of carbonyl (C=O) groups excluding carboxylic acids is 1. The van der Waals surface area contributed by atoms with E-state index >= 15 is 0 Å². The van der Waals surface area contributed by atoms with Crippen molar-refractivity contribution < 1.29 is 14.4 Å². The lowest BCUT2D eigenvalue weighted by Gasteiger charge is -2.12. The van der Waals surface area contributed by atoms with Crippen LogP contribution in [0.1, 0.15) is 17.3 Å². The third kappa shape index (κ3) is 2.30. The largest absolute Gasteiger partial charge is 0.286 e. The molecule has 5 heteroatoms. The van der Waals surface area contributed by atoms with E-state index in [2.05, 4.69) is 15.9 Å². The van der Waals surface area contributed by atoms with E-state index in [1.165, 1.54) is 12.1 Å². The molecular weight excluding hydrogens is 253 g/mol. The number of carbonyl (C=O) groups is 1. The number of hydrogen-bond donors (Lipinski definition) is 1. The van der Waals surface area contributed by atoms with Gasteiger partial charge in [-0.05, 0) is 25.1 Å². The van der Waals surface area contributed by atoms with Crippen LogP contribution in [-0.2, 0) is 0 Å². The van der Waals surface area contributed by atoms with Crippen molar-refractivity contribution in [1.82, 2.24) is 5.06 Å². The van der Waals surface area contributed by atoms with Gasteiger partial charge in [-0.3, -0.25) is 10.0 Å². The van der Waals surface area contributed by atoms with Crippen LogP contribution in [0.4, 0.5) is 4.39 Å². The average molecular weight is 262 g/mol. The van der Waals surface area contributed by atoms with Gasteiger partial charge in [0.15, 0.2) is 0 Å². The van der Waals surface area contributed by atoms with Gasteiger partial charge in [0.25, 0.3) is 5.91 Å². The van der Waals surface area contributed by atoms with Gasteiger partial charge < -0.3 is 0 Å². The van der Waals surface area contributed by atoms with Crippen molar-refractivity contribution in [3.05, 3.63) is 34.1 Å². The summed E-state index contributed by atoms with van der Waals surface area (Å²) in [6, 6.07) is 4.04. The Morgan fingerprint density at radius 3 is 2.79 bits per heavy atom. The van der Waals surface area contributed by atoms with E-state index in [0.717, 1.165) is 0 Å². The van der Waals surface area contributed by atoms with Gasteiger partial charge in [0, 0.05) is 11.0 Å². The number of rotatable bonds is 2. The fourth-order valence-corrected chi connectivity index (χ4v) is 1.28. The van der Waals surface area contributed by atoms with Gasteiger partial charge >= 0.3 is 0 Å². The van der Waals surface area contributed by atoms with Gasteiger partial charge in [0.05, 0.1) is 5.56 Å². The molecule has 0 unspecified atom stereocenters. The first-order chi connectivity index (χ1) is 6.56.